The molecular weight excluding hydrogens is 162 g/mol. The lowest BCUT2D eigenvalue weighted by Crippen LogP contribution is -2.48. The molecule has 1 rings (SSSR count). The Morgan fingerprint density at radius 2 is 2.08 bits per heavy atom. The SMILES string of the molecule is CNC(CC1CCC1)C(C)(C)OC. The van der Waals surface area contributed by atoms with Crippen LogP contribution in [0.5, 0.6) is 0 Å². The van der Waals surface area contributed by atoms with Gasteiger partial charge in [0.15, 0.2) is 0 Å². The number of likely N-dealkylation sites (N-methyl/N-ethyl adjacent to an activating group) is 1. The monoisotopic (exact) mass is 185 g/mol. The van der Waals surface area contributed by atoms with Crippen LogP contribution < -0.4 is 5.32 Å². The summed E-state index contributed by atoms with van der Waals surface area (Å²) in [4.78, 5) is 0. The predicted octanol–water partition coefficient (Wildman–Crippen LogP) is 2.19. The molecule has 13 heavy (non-hydrogen) atoms. The lowest BCUT2D eigenvalue weighted by Gasteiger charge is -2.37. The van der Waals surface area contributed by atoms with E-state index in [9.17, 15) is 0 Å². The van der Waals surface area contributed by atoms with E-state index < -0.39 is 0 Å². The van der Waals surface area contributed by atoms with Crippen molar-refractivity contribution >= 4 is 0 Å². The minimum absolute atomic E-state index is 0.0374. The van der Waals surface area contributed by atoms with Gasteiger partial charge in [0.05, 0.1) is 5.60 Å². The summed E-state index contributed by atoms with van der Waals surface area (Å²) < 4.78 is 5.50. The molecule has 0 spiro atoms. The fraction of sp³-hybridized carbons (Fsp3) is 1.00. The van der Waals surface area contributed by atoms with Gasteiger partial charge >= 0.3 is 0 Å². The molecule has 1 aliphatic carbocycles. The molecule has 0 bridgehead atoms. The second-order valence-corrected chi connectivity index (χ2v) is 4.68. The number of hydrogen-bond donors (Lipinski definition) is 1. The molecule has 78 valence electrons. The Balaban J connectivity index is 2.40. The maximum atomic E-state index is 5.50. The maximum Gasteiger partial charge on any atom is 0.0775 e. The van der Waals surface area contributed by atoms with Crippen LogP contribution in [-0.4, -0.2) is 25.8 Å². The quantitative estimate of drug-likeness (QED) is 0.709. The molecule has 0 aromatic carbocycles. The van der Waals surface area contributed by atoms with Crippen molar-refractivity contribution in [3.05, 3.63) is 0 Å². The van der Waals surface area contributed by atoms with E-state index in [2.05, 4.69) is 19.2 Å². The van der Waals surface area contributed by atoms with Crippen molar-refractivity contribution in [3.8, 4) is 0 Å². The molecule has 0 radical (unpaired) electrons. The summed E-state index contributed by atoms with van der Waals surface area (Å²) >= 11 is 0. The van der Waals surface area contributed by atoms with Crippen LogP contribution in [0.2, 0.25) is 0 Å². The first-order chi connectivity index (χ1) is 6.10. The normalized spacial score (nSPS) is 21.2. The molecule has 1 N–H and O–H groups in total. The zero-order valence-corrected chi connectivity index (χ0v) is 9.39. The van der Waals surface area contributed by atoms with E-state index in [1.807, 2.05) is 7.05 Å². The van der Waals surface area contributed by atoms with Gasteiger partial charge in [-0.3, -0.25) is 0 Å². The molecule has 1 unspecified atom stereocenters. The van der Waals surface area contributed by atoms with Crippen LogP contribution in [-0.2, 0) is 4.74 Å². The Morgan fingerprint density at radius 1 is 1.46 bits per heavy atom. The van der Waals surface area contributed by atoms with E-state index in [1.165, 1.54) is 25.7 Å². The van der Waals surface area contributed by atoms with Gasteiger partial charge in [0.25, 0.3) is 0 Å². The zero-order valence-electron chi connectivity index (χ0n) is 9.39. The second-order valence-electron chi connectivity index (χ2n) is 4.68. The van der Waals surface area contributed by atoms with E-state index in [-0.39, 0.29) is 5.60 Å². The fourth-order valence-electron chi connectivity index (χ4n) is 1.95. The second kappa shape index (κ2) is 4.43. The van der Waals surface area contributed by atoms with Gasteiger partial charge in [0.1, 0.15) is 0 Å². The van der Waals surface area contributed by atoms with Gasteiger partial charge in [0, 0.05) is 13.2 Å². The molecule has 0 aliphatic heterocycles. The molecule has 0 amide bonds. The van der Waals surface area contributed by atoms with Crippen LogP contribution in [0.3, 0.4) is 0 Å². The van der Waals surface area contributed by atoms with E-state index in [1.54, 1.807) is 7.11 Å². The molecule has 0 saturated heterocycles. The summed E-state index contributed by atoms with van der Waals surface area (Å²) in [6.45, 7) is 4.32. The van der Waals surface area contributed by atoms with Crippen LogP contribution in [0.4, 0.5) is 0 Å². The lowest BCUT2D eigenvalue weighted by atomic mass is 9.78. The third-order valence-corrected chi connectivity index (χ3v) is 3.51. The van der Waals surface area contributed by atoms with E-state index in [4.69, 9.17) is 4.74 Å². The molecule has 1 fully saturated rings. The van der Waals surface area contributed by atoms with Gasteiger partial charge < -0.3 is 10.1 Å². The van der Waals surface area contributed by atoms with Crippen molar-refractivity contribution in [1.82, 2.24) is 5.32 Å². The summed E-state index contributed by atoms with van der Waals surface area (Å²) in [5, 5.41) is 3.37. The summed E-state index contributed by atoms with van der Waals surface area (Å²) in [5.74, 6) is 0.937. The molecule has 2 heteroatoms. The Labute approximate surface area is 82.0 Å². The smallest absolute Gasteiger partial charge is 0.0775 e. The first kappa shape index (κ1) is 11.0. The van der Waals surface area contributed by atoms with Crippen molar-refractivity contribution in [2.75, 3.05) is 14.2 Å². The van der Waals surface area contributed by atoms with Gasteiger partial charge in [0.2, 0.25) is 0 Å². The van der Waals surface area contributed by atoms with E-state index in [0.717, 1.165) is 5.92 Å². The molecule has 0 aromatic heterocycles. The number of rotatable bonds is 5. The van der Waals surface area contributed by atoms with Gasteiger partial charge in [-0.2, -0.15) is 0 Å². The number of nitrogens with one attached hydrogen (secondary N) is 1. The molecule has 1 atom stereocenters. The largest absolute Gasteiger partial charge is 0.377 e. The Bertz CT molecular complexity index is 152. The average Bonchev–Trinajstić information content (AvgIpc) is 2.02. The molecular formula is C11H23NO. The lowest BCUT2D eigenvalue weighted by molar-refractivity contribution is -0.0181. The van der Waals surface area contributed by atoms with Gasteiger partial charge in [-0.05, 0) is 33.2 Å². The van der Waals surface area contributed by atoms with E-state index in [0.29, 0.717) is 6.04 Å². The zero-order chi connectivity index (χ0) is 9.90. The van der Waals surface area contributed by atoms with Crippen molar-refractivity contribution < 1.29 is 4.74 Å². The Morgan fingerprint density at radius 3 is 2.38 bits per heavy atom. The van der Waals surface area contributed by atoms with Crippen molar-refractivity contribution in [3.63, 3.8) is 0 Å². The Kier molecular flexibility index (Phi) is 3.74. The summed E-state index contributed by atoms with van der Waals surface area (Å²) in [5.41, 5.74) is -0.0374. The summed E-state index contributed by atoms with van der Waals surface area (Å²) in [6, 6.07) is 0.489. The number of hydrogen-bond acceptors (Lipinski definition) is 2. The summed E-state index contributed by atoms with van der Waals surface area (Å²) in [7, 11) is 3.83. The first-order valence-electron chi connectivity index (χ1n) is 5.32. The van der Waals surface area contributed by atoms with Crippen LogP contribution in [0.25, 0.3) is 0 Å². The highest BCUT2D eigenvalue weighted by Crippen LogP contribution is 2.33. The van der Waals surface area contributed by atoms with Gasteiger partial charge in [-0.15, -0.1) is 0 Å². The maximum absolute atomic E-state index is 5.50. The summed E-state index contributed by atoms with van der Waals surface area (Å²) in [6.07, 6.45) is 5.52. The molecule has 2 nitrogen and oxygen atoms in total. The molecule has 0 aromatic rings. The fourth-order valence-corrected chi connectivity index (χ4v) is 1.95. The first-order valence-corrected chi connectivity index (χ1v) is 5.32. The number of methoxy groups -OCH3 is 1. The van der Waals surface area contributed by atoms with Gasteiger partial charge in [-0.1, -0.05) is 19.3 Å². The average molecular weight is 185 g/mol. The minimum Gasteiger partial charge on any atom is -0.377 e. The van der Waals surface area contributed by atoms with Crippen LogP contribution >= 0.6 is 0 Å². The van der Waals surface area contributed by atoms with E-state index >= 15 is 0 Å². The molecule has 1 aliphatic rings. The van der Waals surface area contributed by atoms with Gasteiger partial charge in [-0.25, -0.2) is 0 Å². The topological polar surface area (TPSA) is 21.3 Å². The van der Waals surface area contributed by atoms with Crippen molar-refractivity contribution in [1.29, 1.82) is 0 Å². The standard InChI is InChI=1S/C11H23NO/c1-11(2,13-4)10(12-3)8-9-6-5-7-9/h9-10,12H,5-8H2,1-4H3. The third-order valence-electron chi connectivity index (χ3n) is 3.51. The molecule has 0 heterocycles. The number of ether oxygens (including phenoxy) is 1. The molecule has 1 saturated carbocycles. The van der Waals surface area contributed by atoms with Crippen molar-refractivity contribution in [2.24, 2.45) is 5.92 Å². The highest BCUT2D eigenvalue weighted by molar-refractivity contribution is 4.88. The third kappa shape index (κ3) is 2.68. The highest BCUT2D eigenvalue weighted by Gasteiger charge is 2.31. The predicted molar refractivity (Wildman–Crippen MR) is 55.9 cm³/mol. The van der Waals surface area contributed by atoms with Crippen molar-refractivity contribution in [2.45, 2.75) is 51.2 Å². The van der Waals surface area contributed by atoms with Crippen LogP contribution in [0, 0.1) is 5.92 Å². The van der Waals surface area contributed by atoms with Crippen LogP contribution in [0.1, 0.15) is 39.5 Å². The Hall–Kier alpha value is -0.0800. The minimum atomic E-state index is -0.0374. The van der Waals surface area contributed by atoms with Crippen LogP contribution in [0.15, 0.2) is 0 Å². The highest BCUT2D eigenvalue weighted by atomic mass is 16.5.